The second kappa shape index (κ2) is 7.11. The lowest BCUT2D eigenvalue weighted by Gasteiger charge is -2.06. The zero-order valence-electron chi connectivity index (χ0n) is 10.2. The number of nitrogens with zero attached hydrogens (tertiary/aromatic N) is 2. The Hall–Kier alpha value is -0.0400. The van der Waals surface area contributed by atoms with E-state index in [9.17, 15) is 0 Å². The van der Waals surface area contributed by atoms with Crippen molar-refractivity contribution < 1.29 is 0 Å². The summed E-state index contributed by atoms with van der Waals surface area (Å²) in [5, 5.41) is 1.28. The predicted molar refractivity (Wildman–Crippen MR) is 90.2 cm³/mol. The molecule has 6 heteroatoms. The average molecular weight is 425 g/mol. The molecule has 1 aromatic heterocycles. The molecule has 0 bridgehead atoms. The Kier molecular flexibility index (Phi) is 5.74. The number of thioether (sulfide) groups is 1. The van der Waals surface area contributed by atoms with Crippen molar-refractivity contribution in [3.63, 3.8) is 0 Å². The van der Waals surface area contributed by atoms with Crippen LogP contribution in [0, 0.1) is 3.57 Å². The summed E-state index contributed by atoms with van der Waals surface area (Å²) in [5.41, 5.74) is 1.01. The quantitative estimate of drug-likeness (QED) is 0.381. The van der Waals surface area contributed by atoms with Crippen molar-refractivity contribution in [3.05, 3.63) is 49.5 Å². The monoisotopic (exact) mass is 424 g/mol. The first-order valence-electron chi connectivity index (χ1n) is 5.69. The molecule has 0 aliphatic rings. The molecule has 2 aromatic rings. The molecular weight excluding hydrogens is 414 g/mol. The minimum Gasteiger partial charge on any atom is -0.236 e. The molecule has 1 heterocycles. The Bertz CT molecular complexity index is 576. The molecule has 0 atom stereocenters. The van der Waals surface area contributed by atoms with Crippen LogP contribution in [0.25, 0.3) is 0 Å². The number of halogens is 3. The molecule has 2 nitrogen and oxygen atoms in total. The van der Waals surface area contributed by atoms with Gasteiger partial charge in [-0.15, -0.1) is 11.8 Å². The van der Waals surface area contributed by atoms with Gasteiger partial charge >= 0.3 is 0 Å². The molecule has 0 radical (unpaired) electrons. The van der Waals surface area contributed by atoms with Crippen molar-refractivity contribution in [2.45, 2.75) is 24.0 Å². The summed E-state index contributed by atoms with van der Waals surface area (Å²) < 4.78 is 0.946. The highest BCUT2D eigenvalue weighted by Gasteiger charge is 2.09. The number of aryl methyl sites for hydroxylation is 1. The number of hydrogen-bond acceptors (Lipinski definition) is 3. The molecule has 0 aliphatic carbocycles. The van der Waals surface area contributed by atoms with Crippen molar-refractivity contribution in [3.8, 4) is 0 Å². The van der Waals surface area contributed by atoms with E-state index in [1.54, 1.807) is 11.8 Å². The smallest absolute Gasteiger partial charge is 0.146 e. The Morgan fingerprint density at radius 3 is 2.47 bits per heavy atom. The van der Waals surface area contributed by atoms with Gasteiger partial charge in [-0.05, 0) is 53.3 Å². The molecule has 100 valence electrons. The van der Waals surface area contributed by atoms with Crippen LogP contribution in [0.3, 0.4) is 0 Å². The van der Waals surface area contributed by atoms with Crippen LogP contribution in [0.2, 0.25) is 10.2 Å². The molecule has 0 saturated carbocycles. The Morgan fingerprint density at radius 1 is 1.16 bits per heavy atom. The van der Waals surface area contributed by atoms with E-state index in [1.165, 1.54) is 0 Å². The Morgan fingerprint density at radius 2 is 1.84 bits per heavy atom. The molecule has 2 rings (SSSR count). The lowest BCUT2D eigenvalue weighted by molar-refractivity contribution is 0.927. The van der Waals surface area contributed by atoms with Gasteiger partial charge in [-0.25, -0.2) is 9.97 Å². The zero-order chi connectivity index (χ0) is 13.8. The van der Waals surface area contributed by atoms with Crippen LogP contribution in [0.15, 0.2) is 29.2 Å². The topological polar surface area (TPSA) is 25.8 Å². The average Bonchev–Trinajstić information content (AvgIpc) is 2.41. The minimum absolute atomic E-state index is 0.541. The third kappa shape index (κ3) is 4.21. The SMILES string of the molecule is CCc1nc(CSc2ccc(Cl)cc2)nc(Cl)c1I. The second-order valence-corrected chi connectivity index (χ2v) is 6.71. The van der Waals surface area contributed by atoms with E-state index in [2.05, 4.69) is 39.5 Å². The maximum absolute atomic E-state index is 6.11. The molecule has 19 heavy (non-hydrogen) atoms. The van der Waals surface area contributed by atoms with Crippen LogP contribution >= 0.6 is 57.6 Å². The maximum Gasteiger partial charge on any atom is 0.146 e. The molecule has 1 aromatic carbocycles. The van der Waals surface area contributed by atoms with Gasteiger partial charge in [-0.2, -0.15) is 0 Å². The van der Waals surface area contributed by atoms with Gasteiger partial charge in [-0.1, -0.05) is 30.1 Å². The highest BCUT2D eigenvalue weighted by Crippen LogP contribution is 2.25. The van der Waals surface area contributed by atoms with Gasteiger partial charge in [0.1, 0.15) is 11.0 Å². The van der Waals surface area contributed by atoms with E-state index < -0.39 is 0 Å². The summed E-state index contributed by atoms with van der Waals surface area (Å²) in [5.74, 6) is 1.47. The van der Waals surface area contributed by atoms with Crippen LogP contribution in [0.1, 0.15) is 18.4 Å². The molecule has 0 spiro atoms. The minimum atomic E-state index is 0.541. The fourth-order valence-corrected chi connectivity index (χ4v) is 3.20. The lowest BCUT2D eigenvalue weighted by Crippen LogP contribution is -2.01. The second-order valence-electron chi connectivity index (χ2n) is 3.79. The molecule has 0 N–H and O–H groups in total. The highest BCUT2D eigenvalue weighted by atomic mass is 127. The van der Waals surface area contributed by atoms with Crippen LogP contribution in [-0.2, 0) is 12.2 Å². The normalized spacial score (nSPS) is 10.7. The predicted octanol–water partition coefficient (Wildman–Crippen LogP) is 5.24. The van der Waals surface area contributed by atoms with E-state index in [-0.39, 0.29) is 0 Å². The van der Waals surface area contributed by atoms with Gasteiger partial charge in [0.2, 0.25) is 0 Å². The van der Waals surface area contributed by atoms with Crippen LogP contribution in [0.5, 0.6) is 0 Å². The Labute approximate surface area is 140 Å². The van der Waals surface area contributed by atoms with Gasteiger partial charge in [0.25, 0.3) is 0 Å². The van der Waals surface area contributed by atoms with Crippen LogP contribution in [0.4, 0.5) is 0 Å². The number of aromatic nitrogens is 2. The summed E-state index contributed by atoms with van der Waals surface area (Å²) in [6.07, 6.45) is 0.860. The number of hydrogen-bond donors (Lipinski definition) is 0. The molecule has 0 aliphatic heterocycles. The largest absolute Gasteiger partial charge is 0.236 e. The van der Waals surface area contributed by atoms with Gasteiger partial charge in [0.05, 0.1) is 15.0 Å². The zero-order valence-corrected chi connectivity index (χ0v) is 14.6. The molecular formula is C13H11Cl2IN2S. The van der Waals surface area contributed by atoms with Crippen molar-refractivity contribution in [2.24, 2.45) is 0 Å². The summed E-state index contributed by atoms with van der Waals surface area (Å²) in [6.45, 7) is 2.07. The molecule has 0 saturated heterocycles. The summed E-state index contributed by atoms with van der Waals surface area (Å²) >= 11 is 15.8. The van der Waals surface area contributed by atoms with Crippen molar-refractivity contribution in [2.75, 3.05) is 0 Å². The third-order valence-electron chi connectivity index (χ3n) is 2.44. The summed E-state index contributed by atoms with van der Waals surface area (Å²) in [4.78, 5) is 9.99. The highest BCUT2D eigenvalue weighted by molar-refractivity contribution is 14.1. The van der Waals surface area contributed by atoms with E-state index >= 15 is 0 Å². The maximum atomic E-state index is 6.11. The number of benzene rings is 1. The van der Waals surface area contributed by atoms with Crippen molar-refractivity contribution >= 4 is 57.6 Å². The fraction of sp³-hybridized carbons (Fsp3) is 0.231. The lowest BCUT2D eigenvalue weighted by atomic mass is 10.3. The standard InChI is InChI=1S/C13H11Cl2IN2S/c1-2-10-12(16)13(15)18-11(17-10)7-19-9-5-3-8(14)4-6-9/h3-6H,2,7H2,1H3. The van der Waals surface area contributed by atoms with Gasteiger partial charge in [0.15, 0.2) is 0 Å². The number of rotatable bonds is 4. The fourth-order valence-electron chi connectivity index (χ4n) is 1.49. The van der Waals surface area contributed by atoms with E-state index in [0.29, 0.717) is 10.9 Å². The van der Waals surface area contributed by atoms with E-state index in [0.717, 1.165) is 31.4 Å². The first kappa shape index (κ1) is 15.4. The van der Waals surface area contributed by atoms with Crippen molar-refractivity contribution in [1.82, 2.24) is 9.97 Å². The Balaban J connectivity index is 2.11. The third-order valence-corrected chi connectivity index (χ3v) is 5.43. The van der Waals surface area contributed by atoms with E-state index in [1.807, 2.05) is 24.3 Å². The molecule has 0 amide bonds. The van der Waals surface area contributed by atoms with Gasteiger partial charge < -0.3 is 0 Å². The van der Waals surface area contributed by atoms with Crippen LogP contribution in [-0.4, -0.2) is 9.97 Å². The molecule has 0 fully saturated rings. The van der Waals surface area contributed by atoms with Gasteiger partial charge in [-0.3, -0.25) is 0 Å². The molecule has 0 unspecified atom stereocenters. The van der Waals surface area contributed by atoms with Gasteiger partial charge in [0, 0.05) is 9.92 Å². The first-order chi connectivity index (χ1) is 9.10. The summed E-state index contributed by atoms with van der Waals surface area (Å²) in [7, 11) is 0. The summed E-state index contributed by atoms with van der Waals surface area (Å²) in [6, 6.07) is 7.73. The van der Waals surface area contributed by atoms with Crippen LogP contribution < -0.4 is 0 Å². The van der Waals surface area contributed by atoms with E-state index in [4.69, 9.17) is 23.2 Å². The first-order valence-corrected chi connectivity index (χ1v) is 8.51. The van der Waals surface area contributed by atoms with Crippen molar-refractivity contribution in [1.29, 1.82) is 0 Å².